The van der Waals surface area contributed by atoms with Crippen LogP contribution in [-0.2, 0) is 4.79 Å². The molecule has 0 fully saturated rings. The summed E-state index contributed by atoms with van der Waals surface area (Å²) in [5.41, 5.74) is 1.11. The smallest absolute Gasteiger partial charge is 0.243 e. The van der Waals surface area contributed by atoms with Gasteiger partial charge in [-0.2, -0.15) is 0 Å². The maximum atomic E-state index is 11.5. The molecule has 1 aromatic carbocycles. The van der Waals surface area contributed by atoms with Crippen LogP contribution in [0.2, 0.25) is 0 Å². The molecule has 6 nitrogen and oxygen atoms in total. The van der Waals surface area contributed by atoms with E-state index >= 15 is 0 Å². The van der Waals surface area contributed by atoms with Gasteiger partial charge in [-0.25, -0.2) is 4.99 Å². The zero-order chi connectivity index (χ0) is 16.4. The number of ether oxygens (including phenoxy) is 1. The van der Waals surface area contributed by atoms with Crippen molar-refractivity contribution in [1.82, 2.24) is 15.5 Å². The molecule has 0 unspecified atom stereocenters. The van der Waals surface area contributed by atoms with Crippen LogP contribution in [0, 0.1) is 6.92 Å². The molecule has 1 aromatic rings. The lowest BCUT2D eigenvalue weighted by atomic mass is 10.2. The van der Waals surface area contributed by atoms with Crippen molar-refractivity contribution in [3.63, 3.8) is 0 Å². The Hall–Kier alpha value is -1.51. The van der Waals surface area contributed by atoms with E-state index in [4.69, 9.17) is 4.74 Å². The molecule has 0 aliphatic carbocycles. The molecule has 1 rings (SSSR count). The summed E-state index contributed by atoms with van der Waals surface area (Å²) in [6.45, 7) is 5.99. The normalized spacial score (nSPS) is 10.5. The fourth-order valence-corrected chi connectivity index (χ4v) is 1.68. The van der Waals surface area contributed by atoms with Gasteiger partial charge in [0, 0.05) is 20.6 Å². The van der Waals surface area contributed by atoms with E-state index in [1.807, 2.05) is 38.1 Å². The molecule has 23 heavy (non-hydrogen) atoms. The van der Waals surface area contributed by atoms with Crippen molar-refractivity contribution in [3.05, 3.63) is 29.8 Å². The number of aryl methyl sites for hydroxylation is 1. The van der Waals surface area contributed by atoms with Gasteiger partial charge in [0.25, 0.3) is 0 Å². The zero-order valence-corrected chi connectivity index (χ0v) is 16.6. The van der Waals surface area contributed by atoms with Crippen molar-refractivity contribution >= 4 is 35.8 Å². The summed E-state index contributed by atoms with van der Waals surface area (Å²) in [7, 11) is 3.43. The van der Waals surface area contributed by atoms with Crippen LogP contribution in [0.3, 0.4) is 0 Å². The molecule has 0 aliphatic rings. The fourth-order valence-electron chi connectivity index (χ4n) is 1.68. The van der Waals surface area contributed by atoms with E-state index in [1.165, 1.54) is 4.90 Å². The number of rotatable bonds is 7. The third-order valence-electron chi connectivity index (χ3n) is 2.96. The Morgan fingerprint density at radius 3 is 2.57 bits per heavy atom. The number of carbonyl (C=O) groups excluding carboxylic acids is 1. The topological polar surface area (TPSA) is 66.0 Å². The van der Waals surface area contributed by atoms with Crippen LogP contribution >= 0.6 is 24.0 Å². The fraction of sp³-hybridized carbons (Fsp3) is 0.500. The summed E-state index contributed by atoms with van der Waals surface area (Å²) < 4.78 is 5.71. The van der Waals surface area contributed by atoms with Gasteiger partial charge in [-0.15, -0.1) is 24.0 Å². The first kappa shape index (κ1) is 21.5. The Morgan fingerprint density at radius 1 is 1.26 bits per heavy atom. The van der Waals surface area contributed by atoms with Gasteiger partial charge in [0.2, 0.25) is 5.91 Å². The van der Waals surface area contributed by atoms with Crippen LogP contribution in [0.1, 0.15) is 12.5 Å². The van der Waals surface area contributed by atoms with E-state index in [0.717, 1.165) is 17.9 Å². The molecular weight excluding hydrogens is 407 g/mol. The molecule has 2 N–H and O–H groups in total. The molecule has 1 amide bonds. The molecule has 0 saturated carbocycles. The standard InChI is InChI=1S/C16H26N4O2.HI/c1-5-17-16(19-12-15(21)20(3)4)18-10-11-22-14-9-7-6-8-13(14)2;/h6-9H,5,10-12H2,1-4H3,(H2,17,18,19);1H. The molecule has 0 spiro atoms. The third kappa shape index (κ3) is 8.63. The highest BCUT2D eigenvalue weighted by Gasteiger charge is 2.04. The summed E-state index contributed by atoms with van der Waals surface area (Å²) in [5.74, 6) is 1.47. The van der Waals surface area contributed by atoms with Gasteiger partial charge in [0.15, 0.2) is 5.96 Å². The maximum Gasteiger partial charge on any atom is 0.243 e. The van der Waals surface area contributed by atoms with Crippen molar-refractivity contribution in [2.75, 3.05) is 40.3 Å². The third-order valence-corrected chi connectivity index (χ3v) is 2.96. The Kier molecular flexibility index (Phi) is 11.2. The molecule has 0 radical (unpaired) electrons. The van der Waals surface area contributed by atoms with Gasteiger partial charge in [0.1, 0.15) is 18.9 Å². The lowest BCUT2D eigenvalue weighted by Crippen LogP contribution is -2.40. The minimum absolute atomic E-state index is 0. The highest BCUT2D eigenvalue weighted by Crippen LogP contribution is 2.15. The number of hydrogen-bond donors (Lipinski definition) is 2. The molecule has 0 atom stereocenters. The van der Waals surface area contributed by atoms with Crippen LogP contribution in [0.15, 0.2) is 29.3 Å². The number of para-hydroxylation sites is 1. The highest BCUT2D eigenvalue weighted by molar-refractivity contribution is 14.0. The summed E-state index contributed by atoms with van der Waals surface area (Å²) in [4.78, 5) is 17.3. The number of nitrogens with zero attached hydrogens (tertiary/aromatic N) is 2. The predicted molar refractivity (Wildman–Crippen MR) is 105 cm³/mol. The average Bonchev–Trinajstić information content (AvgIpc) is 2.50. The molecule has 0 aromatic heterocycles. The number of carbonyl (C=O) groups is 1. The molecule has 0 aliphatic heterocycles. The SMILES string of the molecule is CCNC(=NCC(=O)N(C)C)NCCOc1ccccc1C.I. The first-order chi connectivity index (χ1) is 10.5. The van der Waals surface area contributed by atoms with Crippen LogP contribution in [-0.4, -0.2) is 57.1 Å². The Bertz CT molecular complexity index is 507. The maximum absolute atomic E-state index is 11.5. The van der Waals surface area contributed by atoms with E-state index in [2.05, 4.69) is 15.6 Å². The number of benzene rings is 1. The Morgan fingerprint density at radius 2 is 1.96 bits per heavy atom. The van der Waals surface area contributed by atoms with E-state index in [9.17, 15) is 4.79 Å². The highest BCUT2D eigenvalue weighted by atomic mass is 127. The van der Waals surface area contributed by atoms with Crippen LogP contribution in [0.4, 0.5) is 0 Å². The lowest BCUT2D eigenvalue weighted by Gasteiger charge is -2.13. The molecule has 7 heteroatoms. The summed E-state index contributed by atoms with van der Waals surface area (Å²) in [6, 6.07) is 7.90. The number of likely N-dealkylation sites (N-methyl/N-ethyl adjacent to an activating group) is 1. The first-order valence-corrected chi connectivity index (χ1v) is 7.45. The van der Waals surface area contributed by atoms with E-state index in [0.29, 0.717) is 19.1 Å². The predicted octanol–water partition coefficient (Wildman–Crippen LogP) is 1.64. The number of guanidine groups is 1. The average molecular weight is 434 g/mol. The van der Waals surface area contributed by atoms with E-state index < -0.39 is 0 Å². The van der Waals surface area contributed by atoms with E-state index in [1.54, 1.807) is 14.1 Å². The van der Waals surface area contributed by atoms with Crippen molar-refractivity contribution < 1.29 is 9.53 Å². The molecule has 0 heterocycles. The van der Waals surface area contributed by atoms with E-state index in [-0.39, 0.29) is 36.4 Å². The quantitative estimate of drug-likeness (QED) is 0.297. The van der Waals surface area contributed by atoms with Crippen molar-refractivity contribution in [3.8, 4) is 5.75 Å². The van der Waals surface area contributed by atoms with Gasteiger partial charge < -0.3 is 20.3 Å². The van der Waals surface area contributed by atoms with Gasteiger partial charge in [-0.1, -0.05) is 18.2 Å². The zero-order valence-electron chi connectivity index (χ0n) is 14.3. The Balaban J connectivity index is 0.00000484. The second-order valence-electron chi connectivity index (χ2n) is 5.02. The number of aliphatic imine (C=N–C) groups is 1. The second kappa shape index (κ2) is 12.0. The number of hydrogen-bond acceptors (Lipinski definition) is 3. The van der Waals surface area contributed by atoms with Gasteiger partial charge in [-0.3, -0.25) is 4.79 Å². The molecule has 0 saturated heterocycles. The first-order valence-electron chi connectivity index (χ1n) is 7.45. The minimum Gasteiger partial charge on any atom is -0.491 e. The Labute approximate surface area is 155 Å². The monoisotopic (exact) mass is 434 g/mol. The summed E-state index contributed by atoms with van der Waals surface area (Å²) in [5, 5.41) is 6.25. The summed E-state index contributed by atoms with van der Waals surface area (Å²) in [6.07, 6.45) is 0. The van der Waals surface area contributed by atoms with Crippen LogP contribution in [0.5, 0.6) is 5.75 Å². The lowest BCUT2D eigenvalue weighted by molar-refractivity contribution is -0.127. The summed E-state index contributed by atoms with van der Waals surface area (Å²) >= 11 is 0. The van der Waals surface area contributed by atoms with Gasteiger partial charge >= 0.3 is 0 Å². The van der Waals surface area contributed by atoms with Crippen LogP contribution in [0.25, 0.3) is 0 Å². The largest absolute Gasteiger partial charge is 0.491 e. The molecule has 130 valence electrons. The number of amides is 1. The van der Waals surface area contributed by atoms with Crippen molar-refractivity contribution in [2.24, 2.45) is 4.99 Å². The van der Waals surface area contributed by atoms with Crippen LogP contribution < -0.4 is 15.4 Å². The van der Waals surface area contributed by atoms with Crippen molar-refractivity contribution in [1.29, 1.82) is 0 Å². The number of nitrogens with one attached hydrogen (secondary N) is 2. The second-order valence-corrected chi connectivity index (χ2v) is 5.02. The van der Waals surface area contributed by atoms with Gasteiger partial charge in [0.05, 0.1) is 6.54 Å². The van der Waals surface area contributed by atoms with Crippen molar-refractivity contribution in [2.45, 2.75) is 13.8 Å². The molecular formula is C16H27IN4O2. The minimum atomic E-state index is -0.0339. The molecule has 0 bridgehead atoms. The number of halogens is 1. The van der Waals surface area contributed by atoms with Gasteiger partial charge in [-0.05, 0) is 25.5 Å².